The zero-order valence-electron chi connectivity index (χ0n) is 11.9. The van der Waals surface area contributed by atoms with Gasteiger partial charge in [0.1, 0.15) is 16.6 Å². The van der Waals surface area contributed by atoms with E-state index in [0.29, 0.717) is 5.71 Å². The molecule has 0 saturated heterocycles. The highest BCUT2D eigenvalue weighted by atomic mass is 35.5. The third kappa shape index (κ3) is 2.38. The largest absolute Gasteiger partial charge is 0.506 e. The minimum Gasteiger partial charge on any atom is -0.506 e. The molecule has 1 N–H and O–H groups in total. The van der Waals surface area contributed by atoms with E-state index in [4.69, 9.17) is 11.6 Å². The van der Waals surface area contributed by atoms with Crippen LogP contribution in [0.3, 0.4) is 0 Å². The molecule has 3 rings (SSSR count). The molecule has 0 amide bonds. The maximum atomic E-state index is 10.2. The van der Waals surface area contributed by atoms with Gasteiger partial charge in [-0.1, -0.05) is 36.4 Å². The Morgan fingerprint density at radius 1 is 1.48 bits per heavy atom. The van der Waals surface area contributed by atoms with Crippen molar-refractivity contribution in [2.45, 2.75) is 26.3 Å². The van der Waals surface area contributed by atoms with Gasteiger partial charge in [0.15, 0.2) is 0 Å². The highest BCUT2D eigenvalue weighted by Crippen LogP contribution is 2.31. The Hall–Kier alpha value is -2.00. The highest BCUT2D eigenvalue weighted by Gasteiger charge is 2.20. The predicted octanol–water partition coefficient (Wildman–Crippen LogP) is 4.55. The van der Waals surface area contributed by atoms with Crippen molar-refractivity contribution in [2.24, 2.45) is 4.99 Å². The minimum atomic E-state index is 0.112. The molecule has 3 nitrogen and oxygen atoms in total. The lowest BCUT2D eigenvalue weighted by molar-refractivity contribution is 0.442. The van der Waals surface area contributed by atoms with Crippen LogP contribution < -0.4 is 0 Å². The molecule has 108 valence electrons. The summed E-state index contributed by atoms with van der Waals surface area (Å²) in [4.78, 5) is 4.22. The van der Waals surface area contributed by atoms with Crippen LogP contribution in [0.2, 0.25) is 0 Å². The van der Waals surface area contributed by atoms with Crippen molar-refractivity contribution in [2.75, 3.05) is 0 Å². The van der Waals surface area contributed by atoms with Gasteiger partial charge >= 0.3 is 0 Å². The molecule has 0 unspecified atom stereocenters. The maximum absolute atomic E-state index is 10.2. The molecule has 2 aromatic rings. The van der Waals surface area contributed by atoms with Gasteiger partial charge in [0, 0.05) is 23.7 Å². The minimum absolute atomic E-state index is 0.112. The second-order valence-electron chi connectivity index (χ2n) is 5.16. The Kier molecular flexibility index (Phi) is 3.60. The van der Waals surface area contributed by atoms with E-state index in [1.165, 1.54) is 11.1 Å². The predicted molar refractivity (Wildman–Crippen MR) is 88.2 cm³/mol. The fourth-order valence-corrected chi connectivity index (χ4v) is 3.04. The molecule has 0 bridgehead atoms. The molecule has 0 fully saturated rings. The normalized spacial score (nSPS) is 15.5. The van der Waals surface area contributed by atoms with E-state index in [1.54, 1.807) is 13.0 Å². The van der Waals surface area contributed by atoms with Crippen LogP contribution in [0.1, 0.15) is 24.5 Å². The fourth-order valence-electron chi connectivity index (χ4n) is 2.96. The van der Waals surface area contributed by atoms with Crippen LogP contribution in [0.4, 0.5) is 0 Å². The molecule has 0 atom stereocenters. The summed E-state index contributed by atoms with van der Waals surface area (Å²) in [7, 11) is 0. The summed E-state index contributed by atoms with van der Waals surface area (Å²) in [6.07, 6.45) is 5.88. The first-order valence-electron chi connectivity index (χ1n) is 7.01. The number of aliphatic imine (C=N–C) groups is 1. The van der Waals surface area contributed by atoms with Crippen molar-refractivity contribution >= 4 is 28.2 Å². The van der Waals surface area contributed by atoms with Gasteiger partial charge in [0.25, 0.3) is 0 Å². The van der Waals surface area contributed by atoms with Crippen LogP contribution in [-0.2, 0) is 13.0 Å². The first-order valence-corrected chi connectivity index (χ1v) is 7.39. The van der Waals surface area contributed by atoms with Crippen molar-refractivity contribution in [3.8, 4) is 0 Å². The average Bonchev–Trinajstić information content (AvgIpc) is 2.85. The van der Waals surface area contributed by atoms with E-state index in [1.807, 2.05) is 6.20 Å². The standard InChI is InChI=1S/C17H17ClN2O/c1-3-15(21)16(19-11(2)18)14-10-20-9-5-7-12-6-4-8-13(14)17(12)20/h3-4,6,8,10,21H,2,5,7,9H2,1H3/b15-3+,19-16-. The molecule has 0 aliphatic carbocycles. The molecule has 0 spiro atoms. The first kappa shape index (κ1) is 14.0. The highest BCUT2D eigenvalue weighted by molar-refractivity contribution is 6.31. The van der Waals surface area contributed by atoms with Crippen molar-refractivity contribution in [3.05, 3.63) is 59.1 Å². The third-order valence-corrected chi connectivity index (χ3v) is 3.92. The Balaban J connectivity index is 2.30. The summed E-state index contributed by atoms with van der Waals surface area (Å²) in [5.74, 6) is 0.112. The number of nitrogens with zero attached hydrogens (tertiary/aromatic N) is 2. The van der Waals surface area contributed by atoms with Gasteiger partial charge in [0.2, 0.25) is 0 Å². The van der Waals surface area contributed by atoms with E-state index < -0.39 is 0 Å². The number of aliphatic hydroxyl groups excluding tert-OH is 1. The SMILES string of the molecule is C=C(Cl)/N=C(\C(O)=C/C)c1cn2c3c(cccc13)CCC2. The number of rotatable bonds is 3. The Morgan fingerprint density at radius 3 is 3.00 bits per heavy atom. The number of para-hydroxylation sites is 1. The van der Waals surface area contributed by atoms with Crippen LogP contribution in [0.25, 0.3) is 10.9 Å². The van der Waals surface area contributed by atoms with Crippen LogP contribution in [0.15, 0.2) is 53.0 Å². The van der Waals surface area contributed by atoms with Crippen molar-refractivity contribution in [1.82, 2.24) is 4.57 Å². The molecule has 1 aliphatic rings. The summed E-state index contributed by atoms with van der Waals surface area (Å²) in [5.41, 5.74) is 3.94. The summed E-state index contributed by atoms with van der Waals surface area (Å²) in [6.45, 7) is 6.36. The lowest BCUT2D eigenvalue weighted by Gasteiger charge is -2.14. The van der Waals surface area contributed by atoms with Gasteiger partial charge in [-0.15, -0.1) is 0 Å². The van der Waals surface area contributed by atoms with E-state index in [2.05, 4.69) is 34.3 Å². The number of hydrogen-bond donors (Lipinski definition) is 1. The van der Waals surface area contributed by atoms with Crippen LogP contribution in [-0.4, -0.2) is 15.4 Å². The fraction of sp³-hybridized carbons (Fsp3) is 0.235. The van der Waals surface area contributed by atoms with Crippen LogP contribution in [0, 0.1) is 0 Å². The Morgan fingerprint density at radius 2 is 2.29 bits per heavy atom. The monoisotopic (exact) mass is 300 g/mol. The number of hydrogen-bond acceptors (Lipinski definition) is 2. The molecular formula is C17H17ClN2O. The average molecular weight is 301 g/mol. The second-order valence-corrected chi connectivity index (χ2v) is 5.60. The maximum Gasteiger partial charge on any atom is 0.137 e. The van der Waals surface area contributed by atoms with Crippen molar-refractivity contribution in [1.29, 1.82) is 0 Å². The summed E-state index contributed by atoms with van der Waals surface area (Å²) in [5, 5.41) is 11.4. The van der Waals surface area contributed by atoms with Crippen LogP contribution >= 0.6 is 11.6 Å². The molecule has 1 aromatic carbocycles. The number of aryl methyl sites for hydroxylation is 2. The van der Waals surface area contributed by atoms with Gasteiger partial charge in [0.05, 0.1) is 5.52 Å². The molecular weight excluding hydrogens is 284 g/mol. The molecule has 0 saturated carbocycles. The first-order chi connectivity index (χ1) is 10.1. The number of allylic oxidation sites excluding steroid dienone is 2. The van der Waals surface area contributed by atoms with Crippen LogP contribution in [0.5, 0.6) is 0 Å². The molecule has 0 radical (unpaired) electrons. The topological polar surface area (TPSA) is 37.5 Å². The van der Waals surface area contributed by atoms with Gasteiger partial charge < -0.3 is 9.67 Å². The van der Waals surface area contributed by atoms with Crippen molar-refractivity contribution in [3.63, 3.8) is 0 Å². The summed E-state index contributed by atoms with van der Waals surface area (Å²) >= 11 is 5.83. The number of aliphatic hydroxyl groups is 1. The smallest absolute Gasteiger partial charge is 0.137 e. The molecule has 1 aliphatic heterocycles. The lowest BCUT2D eigenvalue weighted by Crippen LogP contribution is -2.06. The van der Waals surface area contributed by atoms with Crippen molar-refractivity contribution < 1.29 is 5.11 Å². The second kappa shape index (κ2) is 5.41. The van der Waals surface area contributed by atoms with Gasteiger partial charge in [-0.3, -0.25) is 0 Å². The van der Waals surface area contributed by atoms with E-state index in [9.17, 15) is 5.11 Å². The number of halogens is 1. The van der Waals surface area contributed by atoms with Gasteiger partial charge in [-0.05, 0) is 31.4 Å². The lowest BCUT2D eigenvalue weighted by atomic mass is 10.0. The van der Waals surface area contributed by atoms with E-state index in [-0.39, 0.29) is 10.9 Å². The zero-order chi connectivity index (χ0) is 15.0. The number of aromatic nitrogens is 1. The summed E-state index contributed by atoms with van der Waals surface area (Å²) in [6, 6.07) is 6.27. The van der Waals surface area contributed by atoms with E-state index >= 15 is 0 Å². The Labute approximate surface area is 128 Å². The van der Waals surface area contributed by atoms with E-state index in [0.717, 1.165) is 30.3 Å². The molecule has 4 heteroatoms. The van der Waals surface area contributed by atoms with Gasteiger partial charge in [-0.2, -0.15) is 0 Å². The quantitative estimate of drug-likeness (QED) is 0.504. The number of benzene rings is 1. The molecule has 21 heavy (non-hydrogen) atoms. The summed E-state index contributed by atoms with van der Waals surface area (Å²) < 4.78 is 2.24. The zero-order valence-corrected chi connectivity index (χ0v) is 12.7. The third-order valence-electron chi connectivity index (χ3n) is 3.83. The Bertz CT molecular complexity index is 783. The molecule has 1 aromatic heterocycles. The molecule has 2 heterocycles. The van der Waals surface area contributed by atoms with Gasteiger partial charge in [-0.25, -0.2) is 4.99 Å².